The summed E-state index contributed by atoms with van der Waals surface area (Å²) in [7, 11) is 0. The molecular formula is C29H26F4N4O2. The average Bonchev–Trinajstić information content (AvgIpc) is 3.62. The summed E-state index contributed by atoms with van der Waals surface area (Å²) >= 11 is 0. The van der Waals surface area contributed by atoms with E-state index in [0.717, 1.165) is 29.2 Å². The van der Waals surface area contributed by atoms with Crippen LogP contribution in [0.5, 0.6) is 0 Å². The van der Waals surface area contributed by atoms with Crippen molar-refractivity contribution < 1.29 is 27.1 Å². The van der Waals surface area contributed by atoms with Crippen LogP contribution in [-0.4, -0.2) is 22.3 Å². The van der Waals surface area contributed by atoms with Gasteiger partial charge in [0.15, 0.2) is 5.69 Å². The number of rotatable bonds is 9. The minimum absolute atomic E-state index is 0.0722. The van der Waals surface area contributed by atoms with Crippen LogP contribution in [0.15, 0.2) is 78.9 Å². The van der Waals surface area contributed by atoms with Crippen LogP contribution in [0.1, 0.15) is 51.8 Å². The number of nitrogens with zero attached hydrogens (tertiary/aromatic N) is 2. The van der Waals surface area contributed by atoms with Crippen molar-refractivity contribution in [1.29, 1.82) is 0 Å². The SMILES string of the molecule is NCc1cccc(-n2nc(C(F)(F)F)cc2C(=O)Nc2cc(F)cc(C(OCC3CC3)c3ccccc3)c2)c1. The van der Waals surface area contributed by atoms with E-state index < -0.39 is 29.7 Å². The maximum absolute atomic E-state index is 14.8. The van der Waals surface area contributed by atoms with Gasteiger partial charge in [-0.1, -0.05) is 42.5 Å². The van der Waals surface area contributed by atoms with Crippen molar-refractivity contribution in [3.63, 3.8) is 0 Å². The van der Waals surface area contributed by atoms with Gasteiger partial charge in [0.2, 0.25) is 0 Å². The highest BCUT2D eigenvalue weighted by molar-refractivity contribution is 6.03. The van der Waals surface area contributed by atoms with Crippen LogP contribution >= 0.6 is 0 Å². The smallest absolute Gasteiger partial charge is 0.368 e. The van der Waals surface area contributed by atoms with Gasteiger partial charge in [0, 0.05) is 18.3 Å². The normalized spacial score (nSPS) is 14.3. The molecule has 1 amide bonds. The molecule has 0 spiro atoms. The summed E-state index contributed by atoms with van der Waals surface area (Å²) in [5.41, 5.74) is 6.31. The first kappa shape index (κ1) is 26.6. The average molecular weight is 539 g/mol. The Morgan fingerprint density at radius 1 is 1.03 bits per heavy atom. The fourth-order valence-corrected chi connectivity index (χ4v) is 4.25. The molecule has 0 radical (unpaired) electrons. The van der Waals surface area contributed by atoms with Gasteiger partial charge in [-0.2, -0.15) is 18.3 Å². The lowest BCUT2D eigenvalue weighted by atomic mass is 10.0. The molecule has 3 N–H and O–H groups in total. The summed E-state index contributed by atoms with van der Waals surface area (Å²) in [5.74, 6) is -1.05. The van der Waals surface area contributed by atoms with Gasteiger partial charge in [-0.25, -0.2) is 9.07 Å². The first-order valence-electron chi connectivity index (χ1n) is 12.5. The summed E-state index contributed by atoms with van der Waals surface area (Å²) < 4.78 is 62.4. The topological polar surface area (TPSA) is 82.2 Å². The zero-order valence-corrected chi connectivity index (χ0v) is 20.8. The predicted octanol–water partition coefficient (Wildman–Crippen LogP) is 6.26. The number of benzene rings is 3. The molecule has 1 aliphatic rings. The van der Waals surface area contributed by atoms with Crippen molar-refractivity contribution in [2.24, 2.45) is 11.7 Å². The van der Waals surface area contributed by atoms with E-state index >= 15 is 0 Å². The number of nitrogens with two attached hydrogens (primary N) is 1. The van der Waals surface area contributed by atoms with Gasteiger partial charge in [0.1, 0.15) is 17.6 Å². The molecule has 39 heavy (non-hydrogen) atoms. The van der Waals surface area contributed by atoms with E-state index in [9.17, 15) is 22.4 Å². The molecule has 0 saturated heterocycles. The third-order valence-corrected chi connectivity index (χ3v) is 6.40. The molecule has 1 atom stereocenters. The highest BCUT2D eigenvalue weighted by Gasteiger charge is 2.36. The Balaban J connectivity index is 1.48. The van der Waals surface area contributed by atoms with Gasteiger partial charge in [-0.15, -0.1) is 0 Å². The van der Waals surface area contributed by atoms with E-state index in [1.54, 1.807) is 24.3 Å². The standard InChI is InChI=1S/C29H26F4N4O2/c30-22-12-21(27(39-17-18-9-10-18)20-6-2-1-3-7-20)13-23(14-22)35-28(38)25-15-26(29(31,32)33)36-37(25)24-8-4-5-19(11-24)16-34/h1-8,11-15,18,27H,9-10,16-17,34H2,(H,35,38). The number of hydrogen-bond acceptors (Lipinski definition) is 4. The summed E-state index contributed by atoms with van der Waals surface area (Å²) in [4.78, 5) is 13.3. The van der Waals surface area contributed by atoms with E-state index in [2.05, 4.69) is 10.4 Å². The summed E-state index contributed by atoms with van der Waals surface area (Å²) in [6, 6.07) is 20.3. The molecule has 3 aromatic carbocycles. The third-order valence-electron chi connectivity index (χ3n) is 6.40. The number of amides is 1. The van der Waals surface area contributed by atoms with E-state index in [0.29, 0.717) is 29.7 Å². The fourth-order valence-electron chi connectivity index (χ4n) is 4.25. The molecule has 4 aromatic rings. The van der Waals surface area contributed by atoms with Crippen LogP contribution < -0.4 is 11.1 Å². The Morgan fingerprint density at radius 3 is 2.49 bits per heavy atom. The maximum atomic E-state index is 14.8. The van der Waals surface area contributed by atoms with Gasteiger partial charge < -0.3 is 15.8 Å². The minimum Gasteiger partial charge on any atom is -0.368 e. The molecule has 5 rings (SSSR count). The Hall–Kier alpha value is -4.02. The zero-order valence-electron chi connectivity index (χ0n) is 20.8. The second kappa shape index (κ2) is 11.0. The van der Waals surface area contributed by atoms with E-state index in [1.807, 2.05) is 30.3 Å². The Bertz CT molecular complexity index is 1470. The number of ether oxygens (including phenoxy) is 1. The number of carbonyl (C=O) groups excluding carboxylic acids is 1. The lowest BCUT2D eigenvalue weighted by Gasteiger charge is -2.20. The quantitative estimate of drug-likeness (QED) is 0.247. The molecule has 10 heteroatoms. The number of anilines is 1. The molecule has 0 aliphatic heterocycles. The number of nitrogens with one attached hydrogen (secondary N) is 1. The van der Waals surface area contributed by atoms with Gasteiger partial charge in [-0.3, -0.25) is 4.79 Å². The van der Waals surface area contributed by atoms with Crippen molar-refractivity contribution >= 4 is 11.6 Å². The number of carbonyl (C=O) groups is 1. The second-order valence-electron chi connectivity index (χ2n) is 9.49. The van der Waals surface area contributed by atoms with Crippen LogP contribution in [0.4, 0.5) is 23.2 Å². The molecular weight excluding hydrogens is 512 g/mol. The Kier molecular flexibility index (Phi) is 7.49. The van der Waals surface area contributed by atoms with Gasteiger partial charge in [-0.05, 0) is 65.8 Å². The van der Waals surface area contributed by atoms with Crippen LogP contribution in [0.3, 0.4) is 0 Å². The van der Waals surface area contributed by atoms with Gasteiger partial charge >= 0.3 is 6.18 Å². The first-order chi connectivity index (χ1) is 18.7. The van der Waals surface area contributed by atoms with Crippen molar-refractivity contribution in [3.8, 4) is 5.69 Å². The summed E-state index contributed by atoms with van der Waals surface area (Å²) in [6.45, 7) is 0.666. The largest absolute Gasteiger partial charge is 0.435 e. The van der Waals surface area contributed by atoms with Crippen LogP contribution in [0, 0.1) is 11.7 Å². The molecule has 1 aromatic heterocycles. The monoisotopic (exact) mass is 538 g/mol. The van der Waals surface area contributed by atoms with E-state index in [4.69, 9.17) is 10.5 Å². The van der Waals surface area contributed by atoms with Crippen molar-refractivity contribution in [1.82, 2.24) is 9.78 Å². The van der Waals surface area contributed by atoms with E-state index in [1.165, 1.54) is 12.1 Å². The highest BCUT2D eigenvalue weighted by Crippen LogP contribution is 2.35. The van der Waals surface area contributed by atoms with E-state index in [-0.39, 0.29) is 23.6 Å². The molecule has 1 fully saturated rings. The Labute approximate surface area is 222 Å². The molecule has 1 unspecified atom stereocenters. The molecule has 1 heterocycles. The first-order valence-corrected chi connectivity index (χ1v) is 12.5. The van der Waals surface area contributed by atoms with Gasteiger partial charge in [0.25, 0.3) is 5.91 Å². The van der Waals surface area contributed by atoms with Crippen LogP contribution in [0.2, 0.25) is 0 Å². The summed E-state index contributed by atoms with van der Waals surface area (Å²) in [5, 5.41) is 6.17. The number of alkyl halides is 3. The molecule has 6 nitrogen and oxygen atoms in total. The number of aromatic nitrogens is 2. The minimum atomic E-state index is -4.78. The molecule has 1 aliphatic carbocycles. The van der Waals surface area contributed by atoms with Crippen molar-refractivity contribution in [2.45, 2.75) is 31.7 Å². The molecule has 1 saturated carbocycles. The number of hydrogen-bond donors (Lipinski definition) is 2. The van der Waals surface area contributed by atoms with Crippen LogP contribution in [0.25, 0.3) is 5.69 Å². The van der Waals surface area contributed by atoms with Gasteiger partial charge in [0.05, 0.1) is 12.3 Å². The highest BCUT2D eigenvalue weighted by atomic mass is 19.4. The molecule has 202 valence electrons. The lowest BCUT2D eigenvalue weighted by Crippen LogP contribution is -2.18. The second-order valence-corrected chi connectivity index (χ2v) is 9.49. The Morgan fingerprint density at radius 2 is 1.79 bits per heavy atom. The summed E-state index contributed by atoms with van der Waals surface area (Å²) in [6.07, 6.45) is -3.21. The van der Waals surface area contributed by atoms with Crippen LogP contribution in [-0.2, 0) is 17.5 Å². The lowest BCUT2D eigenvalue weighted by molar-refractivity contribution is -0.141. The van der Waals surface area contributed by atoms with Crippen molar-refractivity contribution in [3.05, 3.63) is 113 Å². The zero-order chi connectivity index (χ0) is 27.6. The maximum Gasteiger partial charge on any atom is 0.435 e. The van der Waals surface area contributed by atoms with Crippen molar-refractivity contribution in [2.75, 3.05) is 11.9 Å². The third kappa shape index (κ3) is 6.35. The number of halogens is 4. The fraction of sp³-hybridized carbons (Fsp3) is 0.241. The molecule has 0 bridgehead atoms. The predicted molar refractivity (Wildman–Crippen MR) is 138 cm³/mol.